The molecule has 1 aromatic carbocycles. The third kappa shape index (κ3) is 2.48. The molecule has 2 saturated heterocycles. The molecule has 2 aliphatic rings. The van der Waals surface area contributed by atoms with Gasteiger partial charge >= 0.3 is 0 Å². The maximum atomic E-state index is 12.6. The summed E-state index contributed by atoms with van der Waals surface area (Å²) in [5, 5.41) is 9.84. The molecule has 0 spiro atoms. The Morgan fingerprint density at radius 1 is 1.10 bits per heavy atom. The van der Waals surface area contributed by atoms with Crippen molar-refractivity contribution in [2.75, 3.05) is 0 Å². The third-order valence-electron chi connectivity index (χ3n) is 4.81. The Bertz CT molecular complexity index is 605. The first-order valence-electron chi connectivity index (χ1n) is 7.16. The van der Waals surface area contributed by atoms with Gasteiger partial charge in [-0.15, -0.1) is 0 Å². The van der Waals surface area contributed by atoms with Gasteiger partial charge in [0.2, 0.25) is 0 Å². The Morgan fingerprint density at radius 3 is 2.10 bits per heavy atom. The van der Waals surface area contributed by atoms with Crippen LogP contribution in [-0.2, 0) is 15.4 Å². The van der Waals surface area contributed by atoms with Gasteiger partial charge in [-0.25, -0.2) is 17.2 Å². The van der Waals surface area contributed by atoms with Crippen LogP contribution in [0.4, 0.5) is 8.78 Å². The van der Waals surface area contributed by atoms with E-state index in [0.29, 0.717) is 18.4 Å². The van der Waals surface area contributed by atoms with E-state index in [1.807, 2.05) is 0 Å². The highest BCUT2D eigenvalue weighted by atomic mass is 32.2. The lowest BCUT2D eigenvalue weighted by Gasteiger charge is -2.44. The van der Waals surface area contributed by atoms with Crippen LogP contribution in [-0.4, -0.2) is 24.0 Å². The molecule has 1 N–H and O–H groups in total. The molecule has 3 rings (SSSR count). The van der Waals surface area contributed by atoms with Gasteiger partial charge in [-0.2, -0.15) is 0 Å². The Kier molecular flexibility index (Phi) is 3.56. The van der Waals surface area contributed by atoms with Crippen LogP contribution in [0.5, 0.6) is 0 Å². The number of aliphatic hydroxyl groups is 1. The van der Waals surface area contributed by atoms with Crippen LogP contribution >= 0.6 is 0 Å². The standard InChI is InChI=1S/C15H18F2O3S/c16-14(17)10-4-6-11(7-5-10)15(18)8-12-2-1-3-13(9-15)21(12,19)20/h4-7,12-14,18H,1-3,8-9H2. The van der Waals surface area contributed by atoms with E-state index in [0.717, 1.165) is 6.42 Å². The van der Waals surface area contributed by atoms with E-state index < -0.39 is 32.4 Å². The van der Waals surface area contributed by atoms with Gasteiger partial charge < -0.3 is 5.11 Å². The van der Waals surface area contributed by atoms with Crippen molar-refractivity contribution in [2.45, 2.75) is 54.6 Å². The number of sulfone groups is 1. The van der Waals surface area contributed by atoms with Crippen LogP contribution in [0, 0.1) is 0 Å². The zero-order chi connectivity index (χ0) is 15.3. The molecule has 2 aliphatic heterocycles. The normalized spacial score (nSPS) is 34.9. The second kappa shape index (κ2) is 5.02. The number of hydrogen-bond donors (Lipinski definition) is 1. The monoisotopic (exact) mass is 316 g/mol. The number of benzene rings is 1. The molecule has 2 atom stereocenters. The van der Waals surface area contributed by atoms with E-state index in [4.69, 9.17) is 0 Å². The van der Waals surface area contributed by atoms with E-state index in [9.17, 15) is 22.3 Å². The Labute approximate surface area is 122 Å². The number of halogens is 2. The lowest BCUT2D eigenvalue weighted by Crippen LogP contribution is -2.50. The molecule has 2 heterocycles. The molecular weight excluding hydrogens is 298 g/mol. The molecule has 1 aromatic rings. The van der Waals surface area contributed by atoms with Gasteiger partial charge in [0.15, 0.2) is 9.84 Å². The summed E-state index contributed by atoms with van der Waals surface area (Å²) in [4.78, 5) is 0. The van der Waals surface area contributed by atoms with Crippen molar-refractivity contribution < 1.29 is 22.3 Å². The van der Waals surface area contributed by atoms with Gasteiger partial charge in [-0.3, -0.25) is 0 Å². The summed E-state index contributed by atoms with van der Waals surface area (Å²) in [6.07, 6.45) is -0.180. The fourth-order valence-corrected chi connectivity index (χ4v) is 6.17. The summed E-state index contributed by atoms with van der Waals surface area (Å²) in [5.74, 6) is 0. The first-order chi connectivity index (χ1) is 9.83. The second-order valence-electron chi connectivity index (χ2n) is 6.13. The Morgan fingerprint density at radius 2 is 1.62 bits per heavy atom. The Hall–Kier alpha value is -1.01. The van der Waals surface area contributed by atoms with Crippen molar-refractivity contribution >= 4 is 9.84 Å². The molecule has 3 nitrogen and oxygen atoms in total. The number of fused-ring (bicyclic) bond motifs is 2. The molecule has 0 aliphatic carbocycles. The van der Waals surface area contributed by atoms with Crippen molar-refractivity contribution in [1.29, 1.82) is 0 Å². The van der Waals surface area contributed by atoms with Crippen LogP contribution in [0.1, 0.15) is 49.7 Å². The van der Waals surface area contributed by atoms with Crippen LogP contribution in [0.3, 0.4) is 0 Å². The number of hydrogen-bond acceptors (Lipinski definition) is 3. The van der Waals surface area contributed by atoms with E-state index in [1.54, 1.807) is 0 Å². The van der Waals surface area contributed by atoms with E-state index >= 15 is 0 Å². The average molecular weight is 316 g/mol. The molecule has 0 aromatic heterocycles. The van der Waals surface area contributed by atoms with Gasteiger partial charge in [0.05, 0.1) is 16.1 Å². The van der Waals surface area contributed by atoms with Gasteiger partial charge in [-0.1, -0.05) is 30.7 Å². The van der Waals surface area contributed by atoms with Gasteiger partial charge in [-0.05, 0) is 31.2 Å². The van der Waals surface area contributed by atoms with Crippen molar-refractivity contribution in [3.8, 4) is 0 Å². The highest BCUT2D eigenvalue weighted by Gasteiger charge is 2.50. The number of alkyl halides is 2. The van der Waals surface area contributed by atoms with Crippen molar-refractivity contribution in [3.05, 3.63) is 35.4 Å². The molecule has 116 valence electrons. The topological polar surface area (TPSA) is 54.4 Å². The maximum Gasteiger partial charge on any atom is 0.263 e. The minimum atomic E-state index is -3.15. The zero-order valence-corrected chi connectivity index (χ0v) is 12.3. The summed E-state index contributed by atoms with van der Waals surface area (Å²) in [6.45, 7) is 0. The summed E-state index contributed by atoms with van der Waals surface area (Å²) in [7, 11) is -3.15. The minimum Gasteiger partial charge on any atom is -0.385 e. The van der Waals surface area contributed by atoms with E-state index in [1.165, 1.54) is 24.3 Å². The fraction of sp³-hybridized carbons (Fsp3) is 0.600. The average Bonchev–Trinajstić information content (AvgIpc) is 2.41. The lowest BCUT2D eigenvalue weighted by molar-refractivity contribution is 0.00492. The van der Waals surface area contributed by atoms with Crippen LogP contribution in [0.2, 0.25) is 0 Å². The van der Waals surface area contributed by atoms with Crippen LogP contribution in [0.15, 0.2) is 24.3 Å². The van der Waals surface area contributed by atoms with Gasteiger partial charge in [0.1, 0.15) is 0 Å². The van der Waals surface area contributed by atoms with Gasteiger partial charge in [0.25, 0.3) is 6.43 Å². The summed E-state index contributed by atoms with van der Waals surface area (Å²) >= 11 is 0. The third-order valence-corrected chi connectivity index (χ3v) is 7.48. The highest BCUT2D eigenvalue weighted by molar-refractivity contribution is 7.92. The zero-order valence-electron chi connectivity index (χ0n) is 11.5. The highest BCUT2D eigenvalue weighted by Crippen LogP contribution is 2.46. The quantitative estimate of drug-likeness (QED) is 0.912. The van der Waals surface area contributed by atoms with Crippen LogP contribution < -0.4 is 0 Å². The first-order valence-corrected chi connectivity index (χ1v) is 8.77. The second-order valence-corrected chi connectivity index (χ2v) is 8.64. The number of rotatable bonds is 2. The van der Waals surface area contributed by atoms with Crippen molar-refractivity contribution in [3.63, 3.8) is 0 Å². The first kappa shape index (κ1) is 14.9. The fourth-order valence-electron chi connectivity index (χ4n) is 3.62. The summed E-state index contributed by atoms with van der Waals surface area (Å²) < 4.78 is 49.7. The smallest absolute Gasteiger partial charge is 0.263 e. The predicted octanol–water partition coefficient (Wildman–Crippen LogP) is 2.94. The molecule has 0 saturated carbocycles. The predicted molar refractivity (Wildman–Crippen MR) is 74.9 cm³/mol. The maximum absolute atomic E-state index is 12.6. The molecule has 21 heavy (non-hydrogen) atoms. The largest absolute Gasteiger partial charge is 0.385 e. The van der Waals surface area contributed by atoms with Crippen LogP contribution in [0.25, 0.3) is 0 Å². The lowest BCUT2D eigenvalue weighted by atomic mass is 9.80. The SMILES string of the molecule is O=S1(=O)C2CCCC1CC(O)(c1ccc(C(F)F)cc1)C2. The summed E-state index contributed by atoms with van der Waals surface area (Å²) in [5.41, 5.74) is -0.772. The molecule has 0 amide bonds. The molecular formula is C15H18F2O3S. The Balaban J connectivity index is 1.91. The van der Waals surface area contributed by atoms with Crippen molar-refractivity contribution in [1.82, 2.24) is 0 Å². The molecule has 2 unspecified atom stereocenters. The van der Waals surface area contributed by atoms with Gasteiger partial charge in [0, 0.05) is 5.56 Å². The molecule has 2 fully saturated rings. The molecule has 2 bridgehead atoms. The van der Waals surface area contributed by atoms with E-state index in [-0.39, 0.29) is 18.4 Å². The molecule has 0 radical (unpaired) electrons. The molecule has 6 heteroatoms. The van der Waals surface area contributed by atoms with E-state index in [2.05, 4.69) is 0 Å². The summed E-state index contributed by atoms with van der Waals surface area (Å²) in [6, 6.07) is 5.60. The van der Waals surface area contributed by atoms with Crippen molar-refractivity contribution in [2.24, 2.45) is 0 Å². The minimum absolute atomic E-state index is 0.0917.